The van der Waals surface area contributed by atoms with E-state index in [9.17, 15) is 10.1 Å². The fraction of sp³-hybridized carbons (Fsp3) is 0.217. The van der Waals surface area contributed by atoms with Crippen molar-refractivity contribution in [3.63, 3.8) is 0 Å². The predicted octanol–water partition coefficient (Wildman–Crippen LogP) is 4.78. The Morgan fingerprint density at radius 2 is 1.90 bits per heavy atom. The molecule has 6 heteroatoms. The maximum absolute atomic E-state index is 13.3. The largest absolute Gasteiger partial charge is 0.494 e. The molecular formula is C23H23N3O2S. The molecule has 0 aliphatic carbocycles. The number of hydrogen-bond donors (Lipinski definition) is 2. The number of nitrogens with zero attached hydrogens (tertiary/aromatic N) is 1. The van der Waals surface area contributed by atoms with Crippen LogP contribution in [0.3, 0.4) is 0 Å². The summed E-state index contributed by atoms with van der Waals surface area (Å²) in [4.78, 5) is 13.3. The molecule has 5 nitrogen and oxygen atoms in total. The normalized spacial score (nSPS) is 16.1. The van der Waals surface area contributed by atoms with Gasteiger partial charge in [0.05, 0.1) is 29.2 Å². The molecule has 3 rings (SSSR count). The van der Waals surface area contributed by atoms with E-state index in [4.69, 9.17) is 4.74 Å². The Labute approximate surface area is 175 Å². The fourth-order valence-electron chi connectivity index (χ4n) is 3.41. The van der Waals surface area contributed by atoms with Crippen molar-refractivity contribution in [1.29, 1.82) is 5.26 Å². The molecule has 1 heterocycles. The summed E-state index contributed by atoms with van der Waals surface area (Å²) >= 11 is 1.46. The lowest BCUT2D eigenvalue weighted by Gasteiger charge is -2.30. The van der Waals surface area contributed by atoms with Crippen molar-refractivity contribution in [2.24, 2.45) is 0 Å². The van der Waals surface area contributed by atoms with Crippen molar-refractivity contribution in [2.75, 3.05) is 18.2 Å². The van der Waals surface area contributed by atoms with E-state index in [1.54, 1.807) is 0 Å². The summed E-state index contributed by atoms with van der Waals surface area (Å²) in [6.45, 7) is 4.27. The molecule has 2 aromatic carbocycles. The lowest BCUT2D eigenvalue weighted by Crippen LogP contribution is -2.30. The van der Waals surface area contributed by atoms with Crippen LogP contribution in [0, 0.1) is 11.3 Å². The average Bonchev–Trinajstić information content (AvgIpc) is 2.74. The first-order chi connectivity index (χ1) is 14.1. The summed E-state index contributed by atoms with van der Waals surface area (Å²) in [6.07, 6.45) is 1.91. The van der Waals surface area contributed by atoms with Crippen LogP contribution in [0.25, 0.3) is 0 Å². The van der Waals surface area contributed by atoms with Gasteiger partial charge >= 0.3 is 0 Å². The second-order valence-corrected chi connectivity index (χ2v) is 7.26. The Morgan fingerprint density at radius 1 is 1.21 bits per heavy atom. The van der Waals surface area contributed by atoms with Crippen LogP contribution in [0.4, 0.5) is 5.69 Å². The molecule has 0 unspecified atom stereocenters. The van der Waals surface area contributed by atoms with Crippen LogP contribution in [0.15, 0.2) is 76.5 Å². The van der Waals surface area contributed by atoms with Gasteiger partial charge in [-0.05, 0) is 38.3 Å². The number of hydrogen-bond acceptors (Lipinski definition) is 5. The summed E-state index contributed by atoms with van der Waals surface area (Å²) < 4.78 is 5.82. The van der Waals surface area contributed by atoms with Crippen molar-refractivity contribution >= 4 is 23.4 Å². The van der Waals surface area contributed by atoms with Gasteiger partial charge in [0.15, 0.2) is 0 Å². The predicted molar refractivity (Wildman–Crippen MR) is 117 cm³/mol. The highest BCUT2D eigenvalue weighted by atomic mass is 32.2. The van der Waals surface area contributed by atoms with Gasteiger partial charge in [-0.15, -0.1) is 11.8 Å². The highest BCUT2D eigenvalue weighted by Crippen LogP contribution is 2.43. The SMILES string of the molecule is CCOc1ccccc1[C@@H]1C(C#N)=C(SC)NC(C)=C1C(=O)Nc1ccccc1. The molecule has 148 valence electrons. The third-order valence-electron chi connectivity index (χ3n) is 4.66. The third kappa shape index (κ3) is 4.30. The molecule has 0 saturated carbocycles. The number of carbonyl (C=O) groups excluding carboxylic acids is 1. The summed E-state index contributed by atoms with van der Waals surface area (Å²) in [6, 6.07) is 19.2. The Morgan fingerprint density at radius 3 is 2.55 bits per heavy atom. The van der Waals surface area contributed by atoms with Gasteiger partial charge in [-0.2, -0.15) is 5.26 Å². The van der Waals surface area contributed by atoms with Gasteiger partial charge in [0.25, 0.3) is 5.91 Å². The molecule has 0 fully saturated rings. The van der Waals surface area contributed by atoms with Gasteiger partial charge in [-0.25, -0.2) is 0 Å². The van der Waals surface area contributed by atoms with E-state index in [2.05, 4.69) is 16.7 Å². The molecule has 0 spiro atoms. The van der Waals surface area contributed by atoms with E-state index in [0.29, 0.717) is 29.2 Å². The van der Waals surface area contributed by atoms with Gasteiger partial charge in [-0.1, -0.05) is 36.4 Å². The molecule has 2 N–H and O–H groups in total. The zero-order chi connectivity index (χ0) is 20.8. The molecule has 0 bridgehead atoms. The molecule has 0 saturated heterocycles. The fourth-order valence-corrected chi connectivity index (χ4v) is 4.05. The number of nitriles is 1. The van der Waals surface area contributed by atoms with Gasteiger partial charge in [0.2, 0.25) is 0 Å². The number of nitrogens with one attached hydrogen (secondary N) is 2. The van der Waals surface area contributed by atoms with E-state index >= 15 is 0 Å². The number of allylic oxidation sites excluding steroid dienone is 2. The van der Waals surface area contributed by atoms with Crippen LogP contribution >= 0.6 is 11.8 Å². The van der Waals surface area contributed by atoms with E-state index in [0.717, 1.165) is 16.3 Å². The van der Waals surface area contributed by atoms with E-state index in [-0.39, 0.29) is 5.91 Å². The Bertz CT molecular complexity index is 1010. The summed E-state index contributed by atoms with van der Waals surface area (Å²) in [5.74, 6) is -0.0894. The molecule has 29 heavy (non-hydrogen) atoms. The van der Waals surface area contributed by atoms with Crippen molar-refractivity contribution in [3.05, 3.63) is 82.0 Å². The maximum atomic E-state index is 13.3. The highest BCUT2D eigenvalue weighted by Gasteiger charge is 2.35. The minimum atomic E-state index is -0.518. The van der Waals surface area contributed by atoms with E-state index in [1.807, 2.05) is 74.7 Å². The van der Waals surface area contributed by atoms with Gasteiger partial charge in [0, 0.05) is 22.5 Å². The Balaban J connectivity index is 2.12. The Kier molecular flexibility index (Phi) is 6.63. The first-order valence-electron chi connectivity index (χ1n) is 9.34. The quantitative estimate of drug-likeness (QED) is 0.723. The highest BCUT2D eigenvalue weighted by molar-refractivity contribution is 8.02. The molecule has 1 aliphatic heterocycles. The number of para-hydroxylation sites is 2. The number of amides is 1. The molecule has 2 aromatic rings. The minimum absolute atomic E-state index is 0.245. The van der Waals surface area contributed by atoms with Crippen LogP contribution in [-0.2, 0) is 4.79 Å². The van der Waals surface area contributed by atoms with Crippen molar-refractivity contribution < 1.29 is 9.53 Å². The van der Waals surface area contributed by atoms with E-state index in [1.165, 1.54) is 11.8 Å². The van der Waals surface area contributed by atoms with Gasteiger partial charge in [-0.3, -0.25) is 4.79 Å². The number of thioether (sulfide) groups is 1. The van der Waals surface area contributed by atoms with Gasteiger partial charge < -0.3 is 15.4 Å². The van der Waals surface area contributed by atoms with E-state index < -0.39 is 5.92 Å². The summed E-state index contributed by atoms with van der Waals surface area (Å²) in [5, 5.41) is 16.9. The lowest BCUT2D eigenvalue weighted by molar-refractivity contribution is -0.113. The number of benzene rings is 2. The number of anilines is 1. The average molecular weight is 406 g/mol. The number of ether oxygens (including phenoxy) is 1. The number of carbonyl (C=O) groups is 1. The zero-order valence-corrected chi connectivity index (χ0v) is 17.5. The second kappa shape index (κ2) is 9.35. The number of dihydropyridines is 1. The zero-order valence-electron chi connectivity index (χ0n) is 16.7. The maximum Gasteiger partial charge on any atom is 0.254 e. The molecule has 0 radical (unpaired) electrons. The standard InChI is InChI=1S/C23H23N3O2S/c1-4-28-19-13-9-8-12-17(19)21-18(14-24)23(29-3)25-15(2)20(21)22(27)26-16-10-6-5-7-11-16/h5-13,21,25H,4H2,1-3H3,(H,26,27)/t21-/m1/s1. The monoisotopic (exact) mass is 405 g/mol. The lowest BCUT2D eigenvalue weighted by atomic mass is 9.81. The molecule has 1 amide bonds. The van der Waals surface area contributed by atoms with Crippen molar-refractivity contribution in [2.45, 2.75) is 19.8 Å². The number of rotatable bonds is 6. The third-order valence-corrected chi connectivity index (χ3v) is 5.39. The Hall–Kier alpha value is -3.17. The van der Waals surface area contributed by atoms with Crippen LogP contribution in [0.1, 0.15) is 25.3 Å². The first-order valence-corrected chi connectivity index (χ1v) is 10.6. The van der Waals surface area contributed by atoms with Crippen molar-refractivity contribution in [3.8, 4) is 11.8 Å². The molecule has 0 aromatic heterocycles. The van der Waals surface area contributed by atoms with Crippen LogP contribution < -0.4 is 15.4 Å². The first kappa shape index (κ1) is 20.6. The second-order valence-electron chi connectivity index (χ2n) is 6.45. The summed E-state index contributed by atoms with van der Waals surface area (Å²) in [5.41, 5.74) is 3.24. The van der Waals surface area contributed by atoms with Crippen molar-refractivity contribution in [1.82, 2.24) is 5.32 Å². The molecular weight excluding hydrogens is 382 g/mol. The van der Waals surface area contributed by atoms with Crippen LogP contribution in [0.2, 0.25) is 0 Å². The smallest absolute Gasteiger partial charge is 0.254 e. The molecule has 1 aliphatic rings. The van der Waals surface area contributed by atoms with Gasteiger partial charge in [0.1, 0.15) is 5.75 Å². The van der Waals surface area contributed by atoms with Crippen LogP contribution in [0.5, 0.6) is 5.75 Å². The topological polar surface area (TPSA) is 74.1 Å². The summed E-state index contributed by atoms with van der Waals surface area (Å²) in [7, 11) is 0. The minimum Gasteiger partial charge on any atom is -0.494 e. The molecule has 1 atom stereocenters. The van der Waals surface area contributed by atoms with Crippen LogP contribution in [-0.4, -0.2) is 18.8 Å².